The Morgan fingerprint density at radius 3 is 2.67 bits per heavy atom. The summed E-state index contributed by atoms with van der Waals surface area (Å²) in [5.41, 5.74) is 5.16. The molecule has 1 aromatic rings. The van der Waals surface area contributed by atoms with E-state index in [2.05, 4.69) is 20.7 Å². The Hall–Kier alpha value is -1.30. The molecule has 4 nitrogen and oxygen atoms in total. The summed E-state index contributed by atoms with van der Waals surface area (Å²) in [5.74, 6) is -0.679. The van der Waals surface area contributed by atoms with Gasteiger partial charge in [-0.15, -0.1) is 0 Å². The predicted octanol–water partition coefficient (Wildman–Crippen LogP) is 2.75. The average molecular weight is 320 g/mol. The number of carbonyl (C=O) groups excluding carboxylic acids is 1. The van der Waals surface area contributed by atoms with Crippen molar-refractivity contribution in [2.24, 2.45) is 5.41 Å². The molecule has 0 unspecified atom stereocenters. The number of methoxy groups -OCH3 is 1. The maximum absolute atomic E-state index is 13.3. The zero-order valence-corrected chi connectivity index (χ0v) is 12.0. The van der Waals surface area contributed by atoms with E-state index >= 15 is 0 Å². The highest BCUT2D eigenvalue weighted by atomic mass is 79.9. The highest BCUT2D eigenvalue weighted by Crippen LogP contribution is 2.30. The van der Waals surface area contributed by atoms with Gasteiger partial charge in [-0.25, -0.2) is 4.39 Å². The topological polar surface area (TPSA) is 61.5 Å². The second-order valence-corrected chi connectivity index (χ2v) is 5.32. The minimum atomic E-state index is -0.829. The van der Waals surface area contributed by atoms with Gasteiger partial charge in [-0.2, -0.15) is 0 Å². The van der Waals surface area contributed by atoms with E-state index in [0.717, 1.165) is 0 Å². The van der Waals surface area contributed by atoms with Crippen LogP contribution in [0.1, 0.15) is 13.8 Å². The number of benzene rings is 1. The molecule has 100 valence electrons. The molecule has 0 atom stereocenters. The van der Waals surface area contributed by atoms with Crippen LogP contribution in [0.15, 0.2) is 16.6 Å². The van der Waals surface area contributed by atoms with Crippen LogP contribution in [0.2, 0.25) is 0 Å². The number of hydrogen-bond donors (Lipinski definition) is 1. The molecule has 18 heavy (non-hydrogen) atoms. The second-order valence-electron chi connectivity index (χ2n) is 4.47. The van der Waals surface area contributed by atoms with Crippen LogP contribution in [0.4, 0.5) is 10.1 Å². The monoisotopic (exact) mass is 319 g/mol. The Bertz CT molecular complexity index is 463. The summed E-state index contributed by atoms with van der Waals surface area (Å²) < 4.78 is 23.6. The molecule has 0 spiro atoms. The Kier molecular flexibility index (Phi) is 4.56. The van der Waals surface area contributed by atoms with Crippen molar-refractivity contribution in [2.75, 3.05) is 19.5 Å². The number of esters is 1. The zero-order valence-electron chi connectivity index (χ0n) is 10.4. The van der Waals surface area contributed by atoms with E-state index in [4.69, 9.17) is 10.5 Å². The number of carbonyl (C=O) groups is 1. The van der Waals surface area contributed by atoms with Gasteiger partial charge >= 0.3 is 5.97 Å². The molecule has 0 heterocycles. The van der Waals surface area contributed by atoms with Gasteiger partial charge in [-0.3, -0.25) is 4.79 Å². The van der Waals surface area contributed by atoms with Crippen LogP contribution in [0.5, 0.6) is 5.75 Å². The first-order valence-electron chi connectivity index (χ1n) is 5.23. The lowest BCUT2D eigenvalue weighted by Gasteiger charge is -2.22. The van der Waals surface area contributed by atoms with Crippen LogP contribution in [0, 0.1) is 11.2 Å². The molecule has 0 saturated heterocycles. The lowest BCUT2D eigenvalue weighted by molar-refractivity contribution is -0.152. The molecular formula is C12H15BrFNO3. The first kappa shape index (κ1) is 14.8. The maximum atomic E-state index is 13.3. The van der Waals surface area contributed by atoms with Gasteiger partial charge in [0.2, 0.25) is 0 Å². The van der Waals surface area contributed by atoms with Crippen LogP contribution in [0.25, 0.3) is 0 Å². The molecule has 6 heteroatoms. The summed E-state index contributed by atoms with van der Waals surface area (Å²) in [5, 5.41) is 0. The van der Waals surface area contributed by atoms with Gasteiger partial charge in [0.15, 0.2) is 0 Å². The fraction of sp³-hybridized carbons (Fsp3) is 0.417. The third kappa shape index (κ3) is 3.35. The summed E-state index contributed by atoms with van der Waals surface area (Å²) >= 11 is 3.02. The highest BCUT2D eigenvalue weighted by Gasteiger charge is 2.30. The number of rotatable bonds is 4. The lowest BCUT2D eigenvalue weighted by Crippen LogP contribution is -2.32. The normalized spacial score (nSPS) is 11.2. The van der Waals surface area contributed by atoms with Crippen LogP contribution < -0.4 is 10.5 Å². The number of anilines is 1. The van der Waals surface area contributed by atoms with E-state index < -0.39 is 17.2 Å². The standard InChI is InChI=1S/C12H15BrFNO3/c1-12(2,11(16)17-3)6-18-10-5-8(14)7(13)4-9(10)15/h4-5H,6,15H2,1-3H3. The first-order valence-corrected chi connectivity index (χ1v) is 6.03. The van der Waals surface area contributed by atoms with Crippen molar-refractivity contribution in [1.82, 2.24) is 0 Å². The Labute approximate surface area is 113 Å². The van der Waals surface area contributed by atoms with Crippen molar-refractivity contribution in [3.8, 4) is 5.75 Å². The van der Waals surface area contributed by atoms with E-state index in [-0.39, 0.29) is 16.8 Å². The van der Waals surface area contributed by atoms with Crippen LogP contribution in [-0.4, -0.2) is 19.7 Å². The molecule has 0 radical (unpaired) electrons. The number of hydrogen-bond acceptors (Lipinski definition) is 4. The summed E-state index contributed by atoms with van der Waals surface area (Å²) in [6, 6.07) is 2.59. The SMILES string of the molecule is COC(=O)C(C)(C)COc1cc(F)c(Br)cc1N. The summed E-state index contributed by atoms with van der Waals surface area (Å²) in [4.78, 5) is 11.4. The molecule has 0 aliphatic rings. The number of nitrogen functional groups attached to an aromatic ring is 1. The Balaban J connectivity index is 2.81. The number of halogens is 2. The molecule has 1 aromatic carbocycles. The van der Waals surface area contributed by atoms with Crippen molar-refractivity contribution in [3.05, 3.63) is 22.4 Å². The van der Waals surface area contributed by atoms with Crippen LogP contribution in [0.3, 0.4) is 0 Å². The fourth-order valence-corrected chi connectivity index (χ4v) is 1.62. The second kappa shape index (κ2) is 5.56. The minimum Gasteiger partial charge on any atom is -0.490 e. The Morgan fingerprint density at radius 2 is 2.11 bits per heavy atom. The van der Waals surface area contributed by atoms with Crippen molar-refractivity contribution in [1.29, 1.82) is 0 Å². The average Bonchev–Trinajstić information content (AvgIpc) is 2.31. The molecule has 2 N–H and O–H groups in total. The molecule has 0 aliphatic heterocycles. The van der Waals surface area contributed by atoms with Gasteiger partial charge in [0.25, 0.3) is 0 Å². The zero-order chi connectivity index (χ0) is 13.9. The minimum absolute atomic E-state index is 0.0466. The maximum Gasteiger partial charge on any atom is 0.314 e. The molecular weight excluding hydrogens is 305 g/mol. The van der Waals surface area contributed by atoms with E-state index in [1.54, 1.807) is 13.8 Å². The van der Waals surface area contributed by atoms with E-state index in [1.165, 1.54) is 19.2 Å². The summed E-state index contributed by atoms with van der Waals surface area (Å²) in [6.07, 6.45) is 0. The molecule has 0 amide bonds. The van der Waals surface area contributed by atoms with E-state index in [1.807, 2.05) is 0 Å². The lowest BCUT2D eigenvalue weighted by atomic mass is 9.95. The molecule has 0 bridgehead atoms. The number of ether oxygens (including phenoxy) is 2. The van der Waals surface area contributed by atoms with Gasteiger partial charge in [0, 0.05) is 6.07 Å². The molecule has 1 rings (SSSR count). The van der Waals surface area contributed by atoms with Crippen LogP contribution in [-0.2, 0) is 9.53 Å². The third-order valence-electron chi connectivity index (χ3n) is 2.38. The van der Waals surface area contributed by atoms with Gasteiger partial charge in [0.05, 0.1) is 22.7 Å². The molecule has 0 aliphatic carbocycles. The third-order valence-corrected chi connectivity index (χ3v) is 2.99. The van der Waals surface area contributed by atoms with Crippen molar-refractivity contribution >= 4 is 27.6 Å². The first-order chi connectivity index (χ1) is 8.27. The van der Waals surface area contributed by atoms with Crippen molar-refractivity contribution in [3.63, 3.8) is 0 Å². The van der Waals surface area contributed by atoms with Crippen molar-refractivity contribution in [2.45, 2.75) is 13.8 Å². The van der Waals surface area contributed by atoms with Gasteiger partial charge in [-0.1, -0.05) is 0 Å². The van der Waals surface area contributed by atoms with Gasteiger partial charge < -0.3 is 15.2 Å². The van der Waals surface area contributed by atoms with Crippen LogP contribution >= 0.6 is 15.9 Å². The smallest absolute Gasteiger partial charge is 0.314 e. The quantitative estimate of drug-likeness (QED) is 0.684. The summed E-state index contributed by atoms with van der Waals surface area (Å²) in [7, 11) is 1.30. The Morgan fingerprint density at radius 1 is 1.50 bits per heavy atom. The molecule has 0 saturated carbocycles. The predicted molar refractivity (Wildman–Crippen MR) is 69.8 cm³/mol. The van der Waals surface area contributed by atoms with E-state index in [9.17, 15) is 9.18 Å². The van der Waals surface area contributed by atoms with Gasteiger partial charge in [0.1, 0.15) is 18.2 Å². The molecule has 0 aromatic heterocycles. The molecule has 0 fully saturated rings. The van der Waals surface area contributed by atoms with Gasteiger partial charge in [-0.05, 0) is 35.8 Å². The highest BCUT2D eigenvalue weighted by molar-refractivity contribution is 9.10. The summed E-state index contributed by atoms with van der Waals surface area (Å²) in [6.45, 7) is 3.39. The van der Waals surface area contributed by atoms with E-state index in [0.29, 0.717) is 5.69 Å². The largest absolute Gasteiger partial charge is 0.490 e. The number of nitrogens with two attached hydrogens (primary N) is 1. The van der Waals surface area contributed by atoms with Crippen molar-refractivity contribution < 1.29 is 18.7 Å². The fourth-order valence-electron chi connectivity index (χ4n) is 1.26.